The van der Waals surface area contributed by atoms with Crippen molar-refractivity contribution in [2.75, 3.05) is 47.5 Å². The van der Waals surface area contributed by atoms with Crippen LogP contribution in [0.15, 0.2) is 72.9 Å². The Kier molecular flexibility index (Phi) is 57.2. The molecule has 0 saturated carbocycles. The summed E-state index contributed by atoms with van der Waals surface area (Å²) in [6.45, 7) is 4.03. The molecule has 0 spiro atoms. The molecule has 454 valence electrons. The fraction of sp³-hybridized carbons (Fsp3) is 0.794. The minimum atomic E-state index is -4.66. The van der Waals surface area contributed by atoms with Crippen LogP contribution >= 0.6 is 7.82 Å². The van der Waals surface area contributed by atoms with Crippen molar-refractivity contribution < 1.29 is 42.1 Å². The molecule has 9 nitrogen and oxygen atoms in total. The van der Waals surface area contributed by atoms with Crippen LogP contribution in [0.1, 0.15) is 296 Å². The lowest BCUT2D eigenvalue weighted by atomic mass is 10.0. The predicted molar refractivity (Wildman–Crippen MR) is 333 cm³/mol. The van der Waals surface area contributed by atoms with Gasteiger partial charge in [0.05, 0.1) is 34.2 Å². The Morgan fingerprint density at radius 2 is 0.769 bits per heavy atom. The first-order chi connectivity index (χ1) is 38.0. The van der Waals surface area contributed by atoms with Crippen LogP contribution in [0.4, 0.5) is 0 Å². The van der Waals surface area contributed by atoms with Gasteiger partial charge in [-0.15, -0.1) is 0 Å². The van der Waals surface area contributed by atoms with Crippen molar-refractivity contribution in [3.63, 3.8) is 0 Å². The Morgan fingerprint density at radius 1 is 0.423 bits per heavy atom. The van der Waals surface area contributed by atoms with Crippen LogP contribution in [0.5, 0.6) is 0 Å². The second-order valence-electron chi connectivity index (χ2n) is 23.1. The van der Waals surface area contributed by atoms with E-state index in [4.69, 9.17) is 18.5 Å². The van der Waals surface area contributed by atoms with Crippen molar-refractivity contribution in [3.8, 4) is 0 Å². The fourth-order valence-electron chi connectivity index (χ4n) is 9.26. The summed E-state index contributed by atoms with van der Waals surface area (Å²) < 4.78 is 34.0. The van der Waals surface area contributed by atoms with Gasteiger partial charge in [0, 0.05) is 6.42 Å². The first-order valence-corrected chi connectivity index (χ1v) is 34.1. The molecule has 0 N–H and O–H groups in total. The zero-order valence-corrected chi connectivity index (χ0v) is 52.5. The van der Waals surface area contributed by atoms with Crippen LogP contribution in [0, 0.1) is 0 Å². The summed E-state index contributed by atoms with van der Waals surface area (Å²) in [4.78, 5) is 37.8. The van der Waals surface area contributed by atoms with Crippen LogP contribution in [0.3, 0.4) is 0 Å². The molecule has 0 aliphatic carbocycles. The molecule has 0 aliphatic heterocycles. The highest BCUT2D eigenvalue weighted by Gasteiger charge is 2.21. The van der Waals surface area contributed by atoms with E-state index in [1.165, 1.54) is 218 Å². The highest BCUT2D eigenvalue weighted by molar-refractivity contribution is 7.45. The molecule has 78 heavy (non-hydrogen) atoms. The lowest BCUT2D eigenvalue weighted by Gasteiger charge is -2.28. The molecule has 0 aromatic rings. The number of phosphoric ester groups is 1. The summed E-state index contributed by atoms with van der Waals surface area (Å²) in [6.07, 6.45) is 79.1. The number of phosphoric acid groups is 1. The average molecular weight is 1110 g/mol. The van der Waals surface area contributed by atoms with Gasteiger partial charge < -0.3 is 27.9 Å². The van der Waals surface area contributed by atoms with Crippen molar-refractivity contribution >= 4 is 19.8 Å². The summed E-state index contributed by atoms with van der Waals surface area (Å²) in [5.74, 6) is -0.974. The molecular formula is C68H124NO8P. The number of ether oxygens (including phenoxy) is 2. The SMILES string of the molecule is CC/C=C\C/C=C\C/C=C\C/C=C\C/C=C\CC(=O)OC(COC(=O)CCCCCCCCCCCCCCCCCCCCCCCCCCCCC/C=C\CCCCCCCCCC)COP(=O)([O-])OCC[N+](C)(C)C. The standard InChI is InChI=1S/C68H124NO8P/c1-6-8-10-12-14-16-18-20-22-23-24-25-26-27-28-29-30-31-32-33-34-35-36-37-38-39-40-41-42-43-44-45-47-48-50-52-54-56-58-60-67(70)74-64-66(65-76-78(72,73)75-63-62-69(3,4)5)77-68(71)61-59-57-55-53-51-49-46-21-19-17-15-13-11-9-7-2/h9,11,15,17,21,23-24,46,51,53,57,59,66H,6-8,10,12-14,16,18-20,22,25-45,47-50,52,54-56,58,60-65H2,1-5H3/b11-9-,17-15-,24-23-,46-21-,53-51-,59-57-. The molecule has 2 atom stereocenters. The molecule has 0 aliphatic rings. The Hall–Kier alpha value is -2.55. The Labute approximate surface area is 482 Å². The molecule has 0 amide bonds. The summed E-state index contributed by atoms with van der Waals surface area (Å²) in [5.41, 5.74) is 0. The first-order valence-electron chi connectivity index (χ1n) is 32.6. The first kappa shape index (κ1) is 75.5. The van der Waals surface area contributed by atoms with Crippen LogP contribution in [-0.2, 0) is 32.7 Å². The number of nitrogens with zero attached hydrogens (tertiary/aromatic N) is 1. The van der Waals surface area contributed by atoms with Crippen molar-refractivity contribution in [3.05, 3.63) is 72.9 Å². The number of esters is 2. The second kappa shape index (κ2) is 59.1. The molecule has 0 rings (SSSR count). The number of unbranched alkanes of at least 4 members (excludes halogenated alkanes) is 35. The van der Waals surface area contributed by atoms with Crippen molar-refractivity contribution in [1.29, 1.82) is 0 Å². The predicted octanol–water partition coefficient (Wildman–Crippen LogP) is 20.2. The van der Waals surface area contributed by atoms with Crippen LogP contribution in [-0.4, -0.2) is 70.0 Å². The Balaban J connectivity index is 3.91. The van der Waals surface area contributed by atoms with E-state index in [1.807, 2.05) is 33.3 Å². The van der Waals surface area contributed by atoms with E-state index in [2.05, 4.69) is 68.5 Å². The normalized spacial score (nSPS) is 13.7. The molecule has 0 fully saturated rings. The topological polar surface area (TPSA) is 111 Å². The fourth-order valence-corrected chi connectivity index (χ4v) is 9.99. The number of hydrogen-bond donors (Lipinski definition) is 0. The molecular weight excluding hydrogens is 990 g/mol. The maximum Gasteiger partial charge on any atom is 0.310 e. The lowest BCUT2D eigenvalue weighted by Crippen LogP contribution is -2.37. The monoisotopic (exact) mass is 1110 g/mol. The second-order valence-corrected chi connectivity index (χ2v) is 24.5. The van der Waals surface area contributed by atoms with Gasteiger partial charge >= 0.3 is 11.9 Å². The minimum Gasteiger partial charge on any atom is -0.756 e. The van der Waals surface area contributed by atoms with E-state index >= 15 is 0 Å². The van der Waals surface area contributed by atoms with E-state index in [0.29, 0.717) is 17.4 Å². The largest absolute Gasteiger partial charge is 0.756 e. The molecule has 0 aromatic heterocycles. The number of rotatable bonds is 60. The van der Waals surface area contributed by atoms with Crippen molar-refractivity contribution in [1.82, 2.24) is 0 Å². The van der Waals surface area contributed by atoms with E-state index in [-0.39, 0.29) is 26.1 Å². The van der Waals surface area contributed by atoms with Gasteiger partial charge in [-0.2, -0.15) is 0 Å². The van der Waals surface area contributed by atoms with Gasteiger partial charge in [-0.05, 0) is 64.2 Å². The average Bonchev–Trinajstić information content (AvgIpc) is 3.41. The lowest BCUT2D eigenvalue weighted by molar-refractivity contribution is -0.870. The molecule has 0 aromatic carbocycles. The molecule has 0 saturated heterocycles. The van der Waals surface area contributed by atoms with Crippen molar-refractivity contribution in [2.24, 2.45) is 0 Å². The third-order valence-electron chi connectivity index (χ3n) is 14.2. The molecule has 0 radical (unpaired) electrons. The van der Waals surface area contributed by atoms with Gasteiger partial charge in [0.15, 0.2) is 6.10 Å². The molecule has 2 unspecified atom stereocenters. The quantitative estimate of drug-likeness (QED) is 0.0195. The number of allylic oxidation sites excluding steroid dienone is 11. The molecule has 10 heteroatoms. The zero-order chi connectivity index (χ0) is 57.0. The minimum absolute atomic E-state index is 0.00787. The van der Waals surface area contributed by atoms with E-state index in [9.17, 15) is 19.0 Å². The van der Waals surface area contributed by atoms with E-state index in [0.717, 1.165) is 44.9 Å². The van der Waals surface area contributed by atoms with Gasteiger partial charge in [-0.25, -0.2) is 0 Å². The number of hydrogen-bond acceptors (Lipinski definition) is 8. The van der Waals surface area contributed by atoms with Gasteiger partial charge in [-0.1, -0.05) is 292 Å². The number of quaternary nitrogens is 1. The summed E-state index contributed by atoms with van der Waals surface area (Å²) in [5, 5.41) is 0. The summed E-state index contributed by atoms with van der Waals surface area (Å²) in [6, 6.07) is 0. The van der Waals surface area contributed by atoms with E-state index < -0.39 is 32.5 Å². The summed E-state index contributed by atoms with van der Waals surface area (Å²) >= 11 is 0. The van der Waals surface area contributed by atoms with Gasteiger partial charge in [-0.3, -0.25) is 14.2 Å². The van der Waals surface area contributed by atoms with E-state index in [1.54, 1.807) is 6.08 Å². The zero-order valence-electron chi connectivity index (χ0n) is 51.6. The Bertz CT molecular complexity index is 1550. The van der Waals surface area contributed by atoms with Crippen LogP contribution in [0.2, 0.25) is 0 Å². The smallest absolute Gasteiger partial charge is 0.310 e. The highest BCUT2D eigenvalue weighted by Crippen LogP contribution is 2.38. The maximum absolute atomic E-state index is 12.7. The highest BCUT2D eigenvalue weighted by atomic mass is 31.2. The number of carbonyl (C=O) groups is 2. The maximum atomic E-state index is 12.7. The molecule has 0 bridgehead atoms. The van der Waals surface area contributed by atoms with Crippen LogP contribution < -0.4 is 4.89 Å². The Morgan fingerprint density at radius 3 is 1.14 bits per heavy atom. The third kappa shape index (κ3) is 62.6. The van der Waals surface area contributed by atoms with Gasteiger partial charge in [0.1, 0.15) is 19.8 Å². The number of carbonyl (C=O) groups excluding carboxylic acids is 2. The summed E-state index contributed by atoms with van der Waals surface area (Å²) in [7, 11) is 1.11. The third-order valence-corrected chi connectivity index (χ3v) is 15.2. The number of likely N-dealkylation sites (N-methyl/N-ethyl adjacent to an activating group) is 1. The van der Waals surface area contributed by atoms with Gasteiger partial charge in [0.25, 0.3) is 7.82 Å². The van der Waals surface area contributed by atoms with Crippen LogP contribution in [0.25, 0.3) is 0 Å². The van der Waals surface area contributed by atoms with Gasteiger partial charge in [0.2, 0.25) is 0 Å². The van der Waals surface area contributed by atoms with Crippen molar-refractivity contribution in [2.45, 2.75) is 302 Å². The molecule has 0 heterocycles.